The van der Waals surface area contributed by atoms with Gasteiger partial charge in [0.1, 0.15) is 0 Å². The van der Waals surface area contributed by atoms with Crippen LogP contribution in [0.5, 0.6) is 0 Å². The van der Waals surface area contributed by atoms with Gasteiger partial charge in [0.05, 0.1) is 11.7 Å². The van der Waals surface area contributed by atoms with Gasteiger partial charge in [-0.3, -0.25) is 14.4 Å². The van der Waals surface area contributed by atoms with Gasteiger partial charge >= 0.3 is 0 Å². The molecule has 1 saturated carbocycles. The highest BCUT2D eigenvalue weighted by Gasteiger charge is 2.27. The first kappa shape index (κ1) is 15.8. The van der Waals surface area contributed by atoms with Crippen LogP contribution in [0.1, 0.15) is 42.3 Å². The third-order valence-electron chi connectivity index (χ3n) is 4.88. The van der Waals surface area contributed by atoms with Gasteiger partial charge in [-0.25, -0.2) is 0 Å². The van der Waals surface area contributed by atoms with Gasteiger partial charge in [0, 0.05) is 43.7 Å². The molecule has 2 aromatic heterocycles. The molecule has 0 saturated heterocycles. The minimum atomic E-state index is 0.212. The number of nitrogens with one attached hydrogen (secondary N) is 1. The van der Waals surface area contributed by atoms with E-state index in [9.17, 15) is 4.79 Å². The maximum atomic E-state index is 11.9. The first-order valence-corrected chi connectivity index (χ1v) is 9.70. The van der Waals surface area contributed by atoms with Crippen LogP contribution >= 0.6 is 11.3 Å². The van der Waals surface area contributed by atoms with Crippen LogP contribution in [0, 0.1) is 5.92 Å². The Morgan fingerprint density at radius 2 is 2.29 bits per heavy atom. The number of thiophene rings is 1. The van der Waals surface area contributed by atoms with Crippen LogP contribution in [-0.2, 0) is 17.9 Å². The van der Waals surface area contributed by atoms with Crippen molar-refractivity contribution in [3.05, 3.63) is 40.3 Å². The number of aromatic nitrogens is 2. The third-order valence-corrected chi connectivity index (χ3v) is 5.74. The molecule has 3 heterocycles. The highest BCUT2D eigenvalue weighted by Crippen LogP contribution is 2.32. The van der Waals surface area contributed by atoms with Crippen molar-refractivity contribution in [1.29, 1.82) is 0 Å². The number of fused-ring (bicyclic) bond motifs is 1. The van der Waals surface area contributed by atoms with E-state index in [1.54, 1.807) is 0 Å². The van der Waals surface area contributed by atoms with Crippen LogP contribution in [0.3, 0.4) is 0 Å². The smallest absolute Gasteiger partial charge is 0.220 e. The van der Waals surface area contributed by atoms with E-state index < -0.39 is 0 Å². The molecule has 1 aliphatic heterocycles. The van der Waals surface area contributed by atoms with Gasteiger partial charge in [0.2, 0.25) is 5.91 Å². The molecule has 6 heteroatoms. The molecule has 1 fully saturated rings. The summed E-state index contributed by atoms with van der Waals surface area (Å²) in [5.41, 5.74) is 1.27. The second-order valence-electron chi connectivity index (χ2n) is 6.96. The number of carbonyl (C=O) groups is 1. The molecule has 2 aromatic rings. The Balaban J connectivity index is 1.33. The van der Waals surface area contributed by atoms with E-state index in [1.165, 1.54) is 23.4 Å². The van der Waals surface area contributed by atoms with Gasteiger partial charge in [-0.05, 0) is 42.7 Å². The van der Waals surface area contributed by atoms with Crippen molar-refractivity contribution in [2.75, 3.05) is 13.1 Å². The van der Waals surface area contributed by atoms with E-state index in [1.807, 2.05) is 17.5 Å². The first-order valence-electron chi connectivity index (χ1n) is 8.82. The predicted molar refractivity (Wildman–Crippen MR) is 94.7 cm³/mol. The lowest BCUT2D eigenvalue weighted by molar-refractivity contribution is -0.121. The highest BCUT2D eigenvalue weighted by atomic mass is 32.1. The summed E-state index contributed by atoms with van der Waals surface area (Å²) in [7, 11) is 0. The highest BCUT2D eigenvalue weighted by molar-refractivity contribution is 7.09. The Hall–Kier alpha value is -1.66. The van der Waals surface area contributed by atoms with Gasteiger partial charge in [-0.1, -0.05) is 6.07 Å². The quantitative estimate of drug-likeness (QED) is 0.840. The summed E-state index contributed by atoms with van der Waals surface area (Å²) in [6, 6.07) is 6.76. The van der Waals surface area contributed by atoms with Gasteiger partial charge in [0.25, 0.3) is 0 Å². The molecule has 1 atom stereocenters. The van der Waals surface area contributed by atoms with Crippen LogP contribution in [0.15, 0.2) is 29.8 Å². The summed E-state index contributed by atoms with van der Waals surface area (Å²) in [5, 5.41) is 9.73. The molecule has 4 rings (SSSR count). The Labute approximate surface area is 146 Å². The lowest BCUT2D eigenvalue weighted by Crippen LogP contribution is -2.38. The zero-order valence-electron chi connectivity index (χ0n) is 13.9. The molecule has 1 N–H and O–H groups in total. The van der Waals surface area contributed by atoms with Crippen molar-refractivity contribution in [2.24, 2.45) is 5.92 Å². The number of hydrogen-bond donors (Lipinski definition) is 1. The van der Waals surface area contributed by atoms with Crippen molar-refractivity contribution >= 4 is 17.2 Å². The second-order valence-corrected chi connectivity index (χ2v) is 7.99. The molecule has 1 amide bonds. The number of carbonyl (C=O) groups excluding carboxylic acids is 1. The second kappa shape index (κ2) is 7.07. The van der Waals surface area contributed by atoms with E-state index in [-0.39, 0.29) is 5.91 Å². The SMILES string of the molecule is O=C(CC1CC1)NCC[C@H]1CN(Cc2cccs2)Cc2ccnn21. The van der Waals surface area contributed by atoms with Crippen LogP contribution in [0.2, 0.25) is 0 Å². The minimum absolute atomic E-state index is 0.212. The molecule has 2 aliphatic rings. The number of amides is 1. The summed E-state index contributed by atoms with van der Waals surface area (Å²) in [6.07, 6.45) is 5.99. The fourth-order valence-corrected chi connectivity index (χ4v) is 4.20. The summed E-state index contributed by atoms with van der Waals surface area (Å²) >= 11 is 1.81. The first-order chi connectivity index (χ1) is 11.8. The van der Waals surface area contributed by atoms with Crippen molar-refractivity contribution in [3.63, 3.8) is 0 Å². The Bertz CT molecular complexity index is 677. The predicted octanol–water partition coefficient (Wildman–Crippen LogP) is 2.81. The molecule has 24 heavy (non-hydrogen) atoms. The monoisotopic (exact) mass is 344 g/mol. The summed E-state index contributed by atoms with van der Waals surface area (Å²) in [6.45, 7) is 3.67. The van der Waals surface area contributed by atoms with Crippen LogP contribution in [-0.4, -0.2) is 33.7 Å². The molecular formula is C18H24N4OS. The van der Waals surface area contributed by atoms with Gasteiger partial charge in [0.15, 0.2) is 0 Å². The lowest BCUT2D eigenvalue weighted by Gasteiger charge is -2.33. The van der Waals surface area contributed by atoms with Crippen molar-refractivity contribution in [3.8, 4) is 0 Å². The maximum Gasteiger partial charge on any atom is 0.220 e. The maximum absolute atomic E-state index is 11.9. The van der Waals surface area contributed by atoms with Gasteiger partial charge < -0.3 is 5.32 Å². The summed E-state index contributed by atoms with van der Waals surface area (Å²) < 4.78 is 2.15. The normalized spacial score (nSPS) is 20.8. The molecular weight excluding hydrogens is 320 g/mol. The van der Waals surface area contributed by atoms with Gasteiger partial charge in [-0.2, -0.15) is 5.10 Å². The fraction of sp³-hybridized carbons (Fsp3) is 0.556. The van der Waals surface area contributed by atoms with Gasteiger partial charge in [-0.15, -0.1) is 11.3 Å². The van der Waals surface area contributed by atoms with E-state index in [4.69, 9.17) is 0 Å². The zero-order valence-corrected chi connectivity index (χ0v) is 14.7. The fourth-order valence-electron chi connectivity index (χ4n) is 3.46. The topological polar surface area (TPSA) is 50.2 Å². The number of rotatable bonds is 7. The third kappa shape index (κ3) is 3.87. The molecule has 1 aliphatic carbocycles. The lowest BCUT2D eigenvalue weighted by atomic mass is 10.1. The molecule has 0 spiro atoms. The Morgan fingerprint density at radius 3 is 3.08 bits per heavy atom. The minimum Gasteiger partial charge on any atom is -0.356 e. The molecule has 5 nitrogen and oxygen atoms in total. The van der Waals surface area contributed by atoms with E-state index in [2.05, 4.69) is 43.6 Å². The molecule has 0 aromatic carbocycles. The molecule has 0 unspecified atom stereocenters. The van der Waals surface area contributed by atoms with E-state index in [0.29, 0.717) is 18.4 Å². The van der Waals surface area contributed by atoms with E-state index in [0.717, 1.165) is 32.6 Å². The number of hydrogen-bond acceptors (Lipinski definition) is 4. The molecule has 128 valence electrons. The molecule has 0 bridgehead atoms. The summed E-state index contributed by atoms with van der Waals surface area (Å²) in [4.78, 5) is 15.8. The average molecular weight is 344 g/mol. The zero-order chi connectivity index (χ0) is 16.4. The van der Waals surface area contributed by atoms with Crippen LogP contribution < -0.4 is 5.32 Å². The largest absolute Gasteiger partial charge is 0.356 e. The standard InChI is InChI=1S/C18H24N4OS/c23-18(10-14-3-4-14)19-7-5-15-11-21(13-17-2-1-9-24-17)12-16-6-8-20-22(15)16/h1-2,6,8-9,14-15H,3-5,7,10-13H2,(H,19,23)/t15-/m0/s1. The van der Waals surface area contributed by atoms with Crippen molar-refractivity contribution < 1.29 is 4.79 Å². The van der Waals surface area contributed by atoms with E-state index >= 15 is 0 Å². The summed E-state index contributed by atoms with van der Waals surface area (Å²) in [5.74, 6) is 0.864. The Kier molecular flexibility index (Phi) is 4.67. The van der Waals surface area contributed by atoms with Crippen molar-refractivity contribution in [1.82, 2.24) is 20.0 Å². The average Bonchev–Trinajstić information content (AvgIpc) is 3.03. The number of nitrogens with zero attached hydrogens (tertiary/aromatic N) is 3. The van der Waals surface area contributed by atoms with Crippen molar-refractivity contribution in [2.45, 2.75) is 44.8 Å². The van der Waals surface area contributed by atoms with Crippen LogP contribution in [0.25, 0.3) is 0 Å². The van der Waals surface area contributed by atoms with Crippen LogP contribution in [0.4, 0.5) is 0 Å². The molecule has 0 radical (unpaired) electrons. The Morgan fingerprint density at radius 1 is 1.38 bits per heavy atom.